The Morgan fingerprint density at radius 2 is 1.07 bits per heavy atom. The maximum absolute atomic E-state index is 13.5. The van der Waals surface area contributed by atoms with Crippen LogP contribution in [0.3, 0.4) is 0 Å². The molecule has 0 saturated carbocycles. The highest BCUT2D eigenvalue weighted by molar-refractivity contribution is 5.93. The van der Waals surface area contributed by atoms with Crippen molar-refractivity contribution >= 4 is 29.3 Å². The number of ether oxygens (including phenoxy) is 2. The third kappa shape index (κ3) is 14.6. The second-order valence-corrected chi connectivity index (χ2v) is 16.5. The maximum Gasteiger partial charge on any atom is 0.471 e. The number of nitrogens with zero attached hydrogens (tertiary/aromatic N) is 8. The molecule has 2 saturated heterocycles. The van der Waals surface area contributed by atoms with Crippen molar-refractivity contribution in [1.82, 2.24) is 35.1 Å². The molecule has 2 aliphatic heterocycles. The number of benzene rings is 4. The molecule has 1 unspecified atom stereocenters. The van der Waals surface area contributed by atoms with Gasteiger partial charge in [0.05, 0.1) is 33.4 Å². The van der Waals surface area contributed by atoms with Crippen molar-refractivity contribution in [2.75, 3.05) is 96.0 Å². The number of aromatic nitrogens is 2. The third-order valence-corrected chi connectivity index (χ3v) is 12.0. The lowest BCUT2D eigenvalue weighted by Gasteiger charge is -2.37. The fraction of sp³-hybridized carbons (Fsp3) is 0.408. The van der Waals surface area contributed by atoms with E-state index in [9.17, 15) is 45.8 Å². The zero-order valence-electron chi connectivity index (χ0n) is 39.7. The van der Waals surface area contributed by atoms with E-state index in [1.807, 2.05) is 21.9 Å². The van der Waals surface area contributed by atoms with Crippen LogP contribution in [-0.4, -0.2) is 145 Å². The van der Waals surface area contributed by atoms with Crippen LogP contribution in [0.25, 0.3) is 11.5 Å². The molecule has 5 aromatic rings. The van der Waals surface area contributed by atoms with Crippen LogP contribution in [0.2, 0.25) is 0 Å². The smallest absolute Gasteiger partial charge is 0.471 e. The molecule has 1 atom stereocenters. The van der Waals surface area contributed by atoms with Gasteiger partial charge in [0.25, 0.3) is 0 Å². The number of carbonyl (C=O) groups is 3. The lowest BCUT2D eigenvalue weighted by atomic mass is 10.1. The van der Waals surface area contributed by atoms with Gasteiger partial charge in [-0.05, 0) is 90.4 Å². The van der Waals surface area contributed by atoms with Crippen molar-refractivity contribution in [1.29, 1.82) is 0 Å². The van der Waals surface area contributed by atoms with Gasteiger partial charge in [0.2, 0.25) is 5.89 Å². The summed E-state index contributed by atoms with van der Waals surface area (Å²) in [7, 11) is 3.14. The van der Waals surface area contributed by atoms with Gasteiger partial charge in [-0.15, -0.1) is 10.2 Å². The summed E-state index contributed by atoms with van der Waals surface area (Å²) in [5.74, 6) is -2.37. The molecule has 22 heteroatoms. The van der Waals surface area contributed by atoms with Crippen LogP contribution in [-0.2, 0) is 24.1 Å². The Labute approximate surface area is 407 Å². The van der Waals surface area contributed by atoms with Crippen LogP contribution in [0.5, 0.6) is 11.5 Å². The summed E-state index contributed by atoms with van der Waals surface area (Å²) in [5, 5.41) is 18.4. The van der Waals surface area contributed by atoms with Gasteiger partial charge in [-0.3, -0.25) is 14.6 Å². The first-order valence-corrected chi connectivity index (χ1v) is 22.9. The van der Waals surface area contributed by atoms with E-state index in [0.29, 0.717) is 60.2 Å². The molecule has 0 aliphatic carbocycles. The molecule has 0 spiro atoms. The Bertz CT molecular complexity index is 2480. The number of urea groups is 2. The molecular formula is C49H57F6N9O7. The van der Waals surface area contributed by atoms with Crippen LogP contribution in [0.4, 0.5) is 47.3 Å². The van der Waals surface area contributed by atoms with Gasteiger partial charge in [-0.25, -0.2) is 9.59 Å². The van der Waals surface area contributed by atoms with Gasteiger partial charge in [0.1, 0.15) is 11.5 Å². The summed E-state index contributed by atoms with van der Waals surface area (Å²) in [6.07, 6.45) is -11.0. The SMILES string of the molecule is CCN1CCN(C(=O)N(Cc2ccc(-c3nnc(C(F)(F)F)o3)cc2)c2ccc(OC)cc2)CC1.CCN1CCN(C(=O)N(Cc2ccc(C(O)CNC(=O)C(F)(F)F)cc2)c2ccc(OC)cc2)CC1. The zero-order valence-corrected chi connectivity index (χ0v) is 39.7. The van der Waals surface area contributed by atoms with Crippen LogP contribution in [0.1, 0.15) is 42.5 Å². The molecule has 382 valence electrons. The van der Waals surface area contributed by atoms with E-state index in [1.54, 1.807) is 114 Å². The predicted molar refractivity (Wildman–Crippen MR) is 252 cm³/mol. The molecular weight excluding hydrogens is 941 g/mol. The normalized spacial score (nSPS) is 15.0. The molecule has 16 nitrogen and oxygen atoms in total. The summed E-state index contributed by atoms with van der Waals surface area (Å²) >= 11 is 0. The highest BCUT2D eigenvalue weighted by atomic mass is 19.4. The summed E-state index contributed by atoms with van der Waals surface area (Å²) in [6, 6.07) is 27.3. The van der Waals surface area contributed by atoms with Crippen LogP contribution < -0.4 is 24.6 Å². The Hall–Kier alpha value is -6.91. The number of amides is 5. The number of aliphatic hydroxyl groups excluding tert-OH is 1. The minimum absolute atomic E-state index is 0.110. The van der Waals surface area contributed by atoms with Gasteiger partial charge in [0.15, 0.2) is 0 Å². The first kappa shape index (κ1) is 53.4. The van der Waals surface area contributed by atoms with Gasteiger partial charge in [-0.2, -0.15) is 26.3 Å². The highest BCUT2D eigenvalue weighted by Gasteiger charge is 2.39. The fourth-order valence-electron chi connectivity index (χ4n) is 7.74. The van der Waals surface area contributed by atoms with E-state index < -0.39 is 36.8 Å². The minimum atomic E-state index is -5.01. The summed E-state index contributed by atoms with van der Waals surface area (Å²) in [6.45, 7) is 11.8. The second-order valence-electron chi connectivity index (χ2n) is 16.5. The Morgan fingerprint density at radius 1 is 0.648 bits per heavy atom. The average Bonchev–Trinajstić information content (AvgIpc) is 3.91. The number of carbonyl (C=O) groups excluding carboxylic acids is 3. The minimum Gasteiger partial charge on any atom is -0.497 e. The third-order valence-electron chi connectivity index (χ3n) is 12.0. The number of hydrogen-bond acceptors (Lipinski definition) is 11. The van der Waals surface area contributed by atoms with E-state index >= 15 is 0 Å². The number of rotatable bonds is 14. The van der Waals surface area contributed by atoms with Crippen LogP contribution in [0.15, 0.2) is 101 Å². The van der Waals surface area contributed by atoms with Crippen molar-refractivity contribution in [3.05, 3.63) is 120 Å². The topological polar surface area (TPSA) is 160 Å². The number of likely N-dealkylation sites (N-methyl/N-ethyl adjacent to an activating group) is 2. The molecule has 0 bridgehead atoms. The second kappa shape index (κ2) is 24.3. The molecule has 5 amide bonds. The number of halogens is 6. The lowest BCUT2D eigenvalue weighted by molar-refractivity contribution is -0.174. The van der Waals surface area contributed by atoms with Gasteiger partial charge < -0.3 is 43.9 Å². The fourth-order valence-corrected chi connectivity index (χ4v) is 7.74. The standard InChI is InChI=1S/C25H31F3N4O4.C24H26F3N5O3/c1-3-30-12-14-31(15-13-30)24(35)32(20-8-10-21(36-2)11-9-20)17-18-4-6-19(7-5-18)22(33)16-29-23(34)25(26,27)28;1-3-30-12-14-31(15-13-30)23(33)32(19-8-10-20(34-2)11-9-19)16-17-4-6-18(7-5-17)21-28-29-22(35-21)24(25,26)27/h4-11,22,33H,3,12-17H2,1-2H3,(H,29,34);4-11H,3,12-16H2,1-2H3. The van der Waals surface area contributed by atoms with Crippen LogP contribution >= 0.6 is 0 Å². The Kier molecular flexibility index (Phi) is 18.3. The van der Waals surface area contributed by atoms with E-state index in [0.717, 1.165) is 50.4 Å². The van der Waals surface area contributed by atoms with Gasteiger partial charge in [-0.1, -0.05) is 50.2 Å². The van der Waals surface area contributed by atoms with Gasteiger partial charge >= 0.3 is 36.2 Å². The largest absolute Gasteiger partial charge is 0.497 e. The summed E-state index contributed by atoms with van der Waals surface area (Å²) < 4.78 is 90.5. The van der Waals surface area contributed by atoms with Crippen molar-refractivity contribution < 1.29 is 59.7 Å². The average molecular weight is 998 g/mol. The quantitative estimate of drug-likeness (QED) is 0.105. The molecule has 1 aromatic heterocycles. The number of alkyl halides is 6. The van der Waals surface area contributed by atoms with Crippen molar-refractivity contribution in [2.45, 2.75) is 45.4 Å². The Balaban J connectivity index is 0.000000232. The van der Waals surface area contributed by atoms with Crippen molar-refractivity contribution in [2.24, 2.45) is 0 Å². The first-order chi connectivity index (χ1) is 33.9. The molecule has 4 aromatic carbocycles. The first-order valence-electron chi connectivity index (χ1n) is 22.9. The van der Waals surface area contributed by atoms with Crippen molar-refractivity contribution in [3.63, 3.8) is 0 Å². The monoisotopic (exact) mass is 997 g/mol. The molecule has 2 aliphatic rings. The number of nitrogens with one attached hydrogen (secondary N) is 1. The maximum atomic E-state index is 13.5. The zero-order chi connectivity index (χ0) is 51.3. The number of piperazine rings is 2. The van der Waals surface area contributed by atoms with E-state index in [1.165, 1.54) is 0 Å². The summed E-state index contributed by atoms with van der Waals surface area (Å²) in [4.78, 5) is 49.5. The van der Waals surface area contributed by atoms with Crippen LogP contribution in [0, 0.1) is 0 Å². The number of hydrogen-bond donors (Lipinski definition) is 2. The molecule has 2 fully saturated rings. The number of anilines is 2. The molecule has 3 heterocycles. The number of aliphatic hydroxyl groups is 1. The van der Waals surface area contributed by atoms with E-state index in [-0.39, 0.29) is 31.0 Å². The summed E-state index contributed by atoms with van der Waals surface area (Å²) in [5.41, 5.74) is 3.67. The molecule has 7 rings (SSSR count). The van der Waals surface area contributed by atoms with Gasteiger partial charge in [0, 0.05) is 75.8 Å². The molecule has 0 radical (unpaired) electrons. The Morgan fingerprint density at radius 3 is 1.44 bits per heavy atom. The highest BCUT2D eigenvalue weighted by Crippen LogP contribution is 2.31. The lowest BCUT2D eigenvalue weighted by Crippen LogP contribution is -2.52. The molecule has 71 heavy (non-hydrogen) atoms. The van der Waals surface area contributed by atoms with E-state index in [2.05, 4.69) is 33.8 Å². The van der Waals surface area contributed by atoms with Crippen molar-refractivity contribution in [3.8, 4) is 23.0 Å². The predicted octanol–water partition coefficient (Wildman–Crippen LogP) is 7.70. The number of methoxy groups -OCH3 is 2. The van der Waals surface area contributed by atoms with E-state index in [4.69, 9.17) is 13.9 Å². The molecule has 2 N–H and O–H groups in total.